The lowest BCUT2D eigenvalue weighted by atomic mass is 10.2. The number of rotatable bonds is 6. The van der Waals surface area contributed by atoms with Crippen LogP contribution in [0.25, 0.3) is 0 Å². The van der Waals surface area contributed by atoms with Crippen LogP contribution in [0.5, 0.6) is 0 Å². The molecule has 13 heavy (non-hydrogen) atoms. The topological polar surface area (TPSA) is 35.5 Å². The predicted octanol–water partition coefficient (Wildman–Crippen LogP) is 1.78. The van der Waals surface area contributed by atoms with Crippen molar-refractivity contribution in [2.24, 2.45) is 5.92 Å². The molecule has 0 rings (SSSR count). The average Bonchev–Trinajstić information content (AvgIpc) is 2.03. The van der Waals surface area contributed by atoms with Crippen LogP contribution in [0.1, 0.15) is 20.8 Å². The van der Waals surface area contributed by atoms with Crippen LogP contribution in [-0.4, -0.2) is 25.8 Å². The third-order valence-electron chi connectivity index (χ3n) is 1.21. The highest BCUT2D eigenvalue weighted by atomic mass is 16.5. The maximum absolute atomic E-state index is 10.8. The Labute approximate surface area is 79.7 Å². The van der Waals surface area contributed by atoms with Gasteiger partial charge in [-0.1, -0.05) is 19.9 Å². The average molecular weight is 186 g/mol. The molecule has 0 N–H and O–H groups in total. The molecule has 0 saturated carbocycles. The van der Waals surface area contributed by atoms with Gasteiger partial charge in [-0.3, -0.25) is 0 Å². The zero-order valence-electron chi connectivity index (χ0n) is 8.58. The van der Waals surface area contributed by atoms with Crippen LogP contribution in [-0.2, 0) is 14.3 Å². The lowest BCUT2D eigenvalue weighted by Gasteiger charge is -2.02. The van der Waals surface area contributed by atoms with E-state index < -0.39 is 0 Å². The molecule has 0 amide bonds. The van der Waals surface area contributed by atoms with Crippen molar-refractivity contribution in [1.29, 1.82) is 0 Å². The van der Waals surface area contributed by atoms with Crippen LogP contribution in [0.3, 0.4) is 0 Å². The molecule has 0 aromatic rings. The van der Waals surface area contributed by atoms with Crippen LogP contribution in [0.4, 0.5) is 0 Å². The van der Waals surface area contributed by atoms with E-state index in [1.807, 2.05) is 0 Å². The number of esters is 1. The van der Waals surface area contributed by atoms with E-state index in [4.69, 9.17) is 4.74 Å². The van der Waals surface area contributed by atoms with Crippen LogP contribution >= 0.6 is 0 Å². The normalized spacial score (nSPS) is 11.1. The summed E-state index contributed by atoms with van der Waals surface area (Å²) in [6.07, 6.45) is 3.06. The van der Waals surface area contributed by atoms with Gasteiger partial charge in [-0.2, -0.15) is 0 Å². The molecule has 0 bridgehead atoms. The van der Waals surface area contributed by atoms with Crippen molar-refractivity contribution in [2.75, 3.05) is 19.8 Å². The Balaban J connectivity index is 3.35. The predicted molar refractivity (Wildman–Crippen MR) is 51.4 cm³/mol. The van der Waals surface area contributed by atoms with Crippen molar-refractivity contribution in [3.05, 3.63) is 12.2 Å². The highest BCUT2D eigenvalue weighted by Gasteiger charge is 1.93. The lowest BCUT2D eigenvalue weighted by Crippen LogP contribution is -2.03. The fraction of sp³-hybridized carbons (Fsp3) is 0.700. The standard InChI is InChI=1S/C10H18O3/c1-4-13-10(11)6-5-7-12-8-9(2)3/h5-6,9H,4,7-8H2,1-3H3/b6-5+. The molecule has 0 saturated heterocycles. The summed E-state index contributed by atoms with van der Waals surface area (Å²) in [6.45, 7) is 7.53. The first-order valence-corrected chi connectivity index (χ1v) is 4.57. The number of carbonyl (C=O) groups excluding carboxylic acids is 1. The van der Waals surface area contributed by atoms with E-state index in [-0.39, 0.29) is 5.97 Å². The van der Waals surface area contributed by atoms with E-state index >= 15 is 0 Å². The minimum atomic E-state index is -0.310. The third kappa shape index (κ3) is 9.08. The van der Waals surface area contributed by atoms with E-state index in [0.717, 1.165) is 0 Å². The Morgan fingerprint density at radius 2 is 2.15 bits per heavy atom. The van der Waals surface area contributed by atoms with Crippen LogP contribution in [0.2, 0.25) is 0 Å². The van der Waals surface area contributed by atoms with Crippen molar-refractivity contribution in [3.63, 3.8) is 0 Å². The van der Waals surface area contributed by atoms with E-state index in [1.54, 1.807) is 13.0 Å². The van der Waals surface area contributed by atoms with Gasteiger partial charge in [0.2, 0.25) is 0 Å². The highest BCUT2D eigenvalue weighted by molar-refractivity contribution is 5.81. The lowest BCUT2D eigenvalue weighted by molar-refractivity contribution is -0.137. The number of hydrogen-bond donors (Lipinski definition) is 0. The van der Waals surface area contributed by atoms with Crippen molar-refractivity contribution in [3.8, 4) is 0 Å². The van der Waals surface area contributed by atoms with Crippen molar-refractivity contribution >= 4 is 5.97 Å². The van der Waals surface area contributed by atoms with Gasteiger partial charge in [-0.05, 0) is 12.8 Å². The summed E-state index contributed by atoms with van der Waals surface area (Å²) in [4.78, 5) is 10.8. The first kappa shape index (κ1) is 12.2. The minimum absolute atomic E-state index is 0.310. The van der Waals surface area contributed by atoms with E-state index in [2.05, 4.69) is 18.6 Å². The molecule has 3 heteroatoms. The van der Waals surface area contributed by atoms with Gasteiger partial charge in [0.05, 0.1) is 13.2 Å². The second-order valence-electron chi connectivity index (χ2n) is 3.09. The maximum Gasteiger partial charge on any atom is 0.330 e. The summed E-state index contributed by atoms with van der Waals surface area (Å²) in [6, 6.07) is 0. The fourth-order valence-corrected chi connectivity index (χ4v) is 0.706. The minimum Gasteiger partial charge on any atom is -0.463 e. The van der Waals surface area contributed by atoms with Crippen LogP contribution in [0.15, 0.2) is 12.2 Å². The third-order valence-corrected chi connectivity index (χ3v) is 1.21. The molecule has 0 aromatic heterocycles. The van der Waals surface area contributed by atoms with Gasteiger partial charge in [-0.15, -0.1) is 0 Å². The fourth-order valence-electron chi connectivity index (χ4n) is 0.706. The second kappa shape index (κ2) is 7.80. The zero-order valence-corrected chi connectivity index (χ0v) is 8.58. The van der Waals surface area contributed by atoms with Gasteiger partial charge in [0.1, 0.15) is 0 Å². The Kier molecular flexibility index (Phi) is 7.30. The quantitative estimate of drug-likeness (QED) is 0.360. The number of carbonyl (C=O) groups is 1. The Morgan fingerprint density at radius 3 is 2.69 bits per heavy atom. The first-order valence-electron chi connectivity index (χ1n) is 4.57. The molecule has 0 heterocycles. The van der Waals surface area contributed by atoms with Gasteiger partial charge >= 0.3 is 5.97 Å². The Hall–Kier alpha value is -0.830. The molecular weight excluding hydrogens is 168 g/mol. The van der Waals surface area contributed by atoms with E-state index in [1.165, 1.54) is 6.08 Å². The second-order valence-corrected chi connectivity index (χ2v) is 3.09. The zero-order chi connectivity index (χ0) is 10.1. The van der Waals surface area contributed by atoms with Crippen molar-refractivity contribution in [1.82, 2.24) is 0 Å². The number of hydrogen-bond acceptors (Lipinski definition) is 3. The van der Waals surface area contributed by atoms with Gasteiger partial charge in [0.25, 0.3) is 0 Å². The molecule has 0 aliphatic rings. The SMILES string of the molecule is CCOC(=O)/C=C/COCC(C)C. The van der Waals surface area contributed by atoms with Gasteiger partial charge in [-0.25, -0.2) is 4.79 Å². The van der Waals surface area contributed by atoms with Gasteiger partial charge < -0.3 is 9.47 Å². The maximum atomic E-state index is 10.8. The summed E-state index contributed by atoms with van der Waals surface area (Å²) in [5, 5.41) is 0. The molecular formula is C10H18O3. The van der Waals surface area contributed by atoms with Crippen LogP contribution in [0, 0.1) is 5.92 Å². The summed E-state index contributed by atoms with van der Waals surface area (Å²) >= 11 is 0. The molecule has 0 radical (unpaired) electrons. The molecule has 0 aliphatic heterocycles. The van der Waals surface area contributed by atoms with E-state index in [0.29, 0.717) is 25.7 Å². The molecule has 0 unspecified atom stereocenters. The van der Waals surface area contributed by atoms with Crippen molar-refractivity contribution in [2.45, 2.75) is 20.8 Å². The molecule has 3 nitrogen and oxygen atoms in total. The Morgan fingerprint density at radius 1 is 1.46 bits per heavy atom. The summed E-state index contributed by atoms with van der Waals surface area (Å²) in [5.74, 6) is 0.214. The van der Waals surface area contributed by atoms with Gasteiger partial charge in [0.15, 0.2) is 0 Å². The largest absolute Gasteiger partial charge is 0.463 e. The highest BCUT2D eigenvalue weighted by Crippen LogP contribution is 1.92. The monoisotopic (exact) mass is 186 g/mol. The van der Waals surface area contributed by atoms with E-state index in [9.17, 15) is 4.79 Å². The summed E-state index contributed by atoms with van der Waals surface area (Å²) in [5.41, 5.74) is 0. The molecule has 0 aromatic carbocycles. The van der Waals surface area contributed by atoms with Crippen LogP contribution < -0.4 is 0 Å². The molecule has 0 atom stereocenters. The summed E-state index contributed by atoms with van der Waals surface area (Å²) < 4.78 is 9.92. The number of ether oxygens (including phenoxy) is 2. The molecule has 0 fully saturated rings. The Bertz CT molecular complexity index is 162. The molecule has 76 valence electrons. The molecule has 0 spiro atoms. The smallest absolute Gasteiger partial charge is 0.330 e. The summed E-state index contributed by atoms with van der Waals surface area (Å²) in [7, 11) is 0. The first-order chi connectivity index (χ1) is 6.16. The molecule has 0 aliphatic carbocycles. The van der Waals surface area contributed by atoms with Crippen molar-refractivity contribution < 1.29 is 14.3 Å². The van der Waals surface area contributed by atoms with Gasteiger partial charge in [0, 0.05) is 12.7 Å².